The molecule has 2 aromatic heterocycles. The van der Waals surface area contributed by atoms with Crippen molar-refractivity contribution in [2.24, 2.45) is 5.73 Å². The molecule has 2 N–H and O–H groups in total. The zero-order chi connectivity index (χ0) is 13.0. The average Bonchev–Trinajstić information content (AvgIpc) is 2.90. The molecule has 0 aliphatic heterocycles. The second kappa shape index (κ2) is 6.31. The molecule has 98 valence electrons. The van der Waals surface area contributed by atoms with E-state index >= 15 is 0 Å². The zero-order valence-corrected chi connectivity index (χ0v) is 12.2. The minimum Gasteiger partial charge on any atom is -0.329 e. The van der Waals surface area contributed by atoms with Crippen LogP contribution >= 0.6 is 23.1 Å². The molecule has 2 rings (SSSR count). The second-order valence-electron chi connectivity index (χ2n) is 3.93. The van der Waals surface area contributed by atoms with E-state index in [9.17, 15) is 0 Å². The zero-order valence-electron chi connectivity index (χ0n) is 10.6. The number of aromatic nitrogens is 4. The van der Waals surface area contributed by atoms with Gasteiger partial charge in [0.25, 0.3) is 0 Å². The number of hydrogen-bond donors (Lipinski definition) is 1. The highest BCUT2D eigenvalue weighted by molar-refractivity contribution is 7.99. The Labute approximate surface area is 115 Å². The fourth-order valence-corrected chi connectivity index (χ4v) is 3.53. The lowest BCUT2D eigenvalue weighted by atomic mass is 10.3. The molecule has 0 radical (unpaired) electrons. The van der Waals surface area contributed by atoms with E-state index in [1.165, 1.54) is 4.88 Å². The van der Waals surface area contributed by atoms with E-state index in [0.29, 0.717) is 6.54 Å². The van der Waals surface area contributed by atoms with Gasteiger partial charge in [0.05, 0.1) is 11.2 Å². The molecule has 0 atom stereocenters. The molecule has 7 heteroatoms. The van der Waals surface area contributed by atoms with Crippen LogP contribution in [0.1, 0.15) is 16.4 Å². The van der Waals surface area contributed by atoms with Crippen molar-refractivity contribution in [3.8, 4) is 0 Å². The van der Waals surface area contributed by atoms with E-state index in [-0.39, 0.29) is 0 Å². The monoisotopic (exact) mass is 283 g/mol. The van der Waals surface area contributed by atoms with Gasteiger partial charge in [-0.15, -0.1) is 21.5 Å². The van der Waals surface area contributed by atoms with Crippen molar-refractivity contribution in [2.75, 3.05) is 12.3 Å². The molecule has 0 aliphatic rings. The normalized spacial score (nSPS) is 11.1. The van der Waals surface area contributed by atoms with E-state index in [0.717, 1.165) is 35.4 Å². The van der Waals surface area contributed by atoms with Gasteiger partial charge >= 0.3 is 0 Å². The Balaban J connectivity index is 1.92. The molecule has 2 heterocycles. The molecule has 0 aromatic carbocycles. The van der Waals surface area contributed by atoms with Crippen molar-refractivity contribution in [2.45, 2.75) is 32.0 Å². The van der Waals surface area contributed by atoms with Crippen LogP contribution in [0.4, 0.5) is 0 Å². The van der Waals surface area contributed by atoms with Gasteiger partial charge in [0.15, 0.2) is 5.16 Å². The van der Waals surface area contributed by atoms with Gasteiger partial charge in [-0.2, -0.15) is 0 Å². The van der Waals surface area contributed by atoms with Gasteiger partial charge in [-0.3, -0.25) is 0 Å². The summed E-state index contributed by atoms with van der Waals surface area (Å²) in [4.78, 5) is 5.60. The second-order valence-corrected chi connectivity index (χ2v) is 5.93. The Morgan fingerprint density at radius 2 is 2.22 bits per heavy atom. The number of thiazole rings is 1. The highest BCUT2D eigenvalue weighted by Gasteiger charge is 2.09. The summed E-state index contributed by atoms with van der Waals surface area (Å²) < 4.78 is 2.07. The Kier molecular flexibility index (Phi) is 4.73. The summed E-state index contributed by atoms with van der Waals surface area (Å²) >= 11 is 3.44. The Bertz CT molecular complexity index is 505. The molecule has 0 saturated heterocycles. The highest BCUT2D eigenvalue weighted by Crippen LogP contribution is 2.20. The van der Waals surface area contributed by atoms with Gasteiger partial charge in [-0.1, -0.05) is 11.8 Å². The van der Waals surface area contributed by atoms with Gasteiger partial charge in [-0.25, -0.2) is 4.98 Å². The third kappa shape index (κ3) is 3.09. The summed E-state index contributed by atoms with van der Waals surface area (Å²) in [7, 11) is 0. The van der Waals surface area contributed by atoms with Crippen LogP contribution in [-0.4, -0.2) is 32.0 Å². The first-order chi connectivity index (χ1) is 8.72. The summed E-state index contributed by atoms with van der Waals surface area (Å²) in [6, 6.07) is 0. The molecule has 0 spiro atoms. The van der Waals surface area contributed by atoms with Crippen molar-refractivity contribution in [3.63, 3.8) is 0 Å². The van der Waals surface area contributed by atoms with Gasteiger partial charge in [0, 0.05) is 23.7 Å². The topological polar surface area (TPSA) is 69.6 Å². The van der Waals surface area contributed by atoms with E-state index < -0.39 is 0 Å². The van der Waals surface area contributed by atoms with Crippen LogP contribution in [0.5, 0.6) is 0 Å². The summed E-state index contributed by atoms with van der Waals surface area (Å²) in [6.45, 7) is 5.40. The number of rotatable bonds is 6. The number of aryl methyl sites for hydroxylation is 3. The molecular weight excluding hydrogens is 266 g/mol. The SMILES string of the molecule is Cc1ncsc1CCSc1nnc(C)n1CCN. The van der Waals surface area contributed by atoms with E-state index in [4.69, 9.17) is 5.73 Å². The van der Waals surface area contributed by atoms with Crippen molar-refractivity contribution in [1.82, 2.24) is 19.7 Å². The summed E-state index contributed by atoms with van der Waals surface area (Å²) in [6.07, 6.45) is 1.02. The van der Waals surface area contributed by atoms with Crippen LogP contribution in [0.25, 0.3) is 0 Å². The van der Waals surface area contributed by atoms with Crippen LogP contribution in [-0.2, 0) is 13.0 Å². The van der Waals surface area contributed by atoms with E-state index in [2.05, 4.69) is 26.7 Å². The molecule has 0 amide bonds. The number of thioether (sulfide) groups is 1. The molecule has 0 bridgehead atoms. The van der Waals surface area contributed by atoms with Gasteiger partial charge in [0.2, 0.25) is 0 Å². The first-order valence-electron chi connectivity index (χ1n) is 5.84. The van der Waals surface area contributed by atoms with E-state index in [1.54, 1.807) is 23.1 Å². The van der Waals surface area contributed by atoms with Crippen molar-refractivity contribution in [1.29, 1.82) is 0 Å². The first-order valence-corrected chi connectivity index (χ1v) is 7.70. The van der Waals surface area contributed by atoms with Crippen LogP contribution < -0.4 is 5.73 Å². The van der Waals surface area contributed by atoms with E-state index in [1.807, 2.05) is 12.4 Å². The third-order valence-electron chi connectivity index (χ3n) is 2.66. The fraction of sp³-hybridized carbons (Fsp3) is 0.545. The Morgan fingerprint density at radius 3 is 2.89 bits per heavy atom. The number of hydrogen-bond acceptors (Lipinski definition) is 6. The maximum atomic E-state index is 5.59. The number of nitrogens with zero attached hydrogens (tertiary/aromatic N) is 4. The lowest BCUT2D eigenvalue weighted by molar-refractivity contribution is 0.627. The number of nitrogens with two attached hydrogens (primary N) is 1. The molecule has 0 fully saturated rings. The maximum Gasteiger partial charge on any atom is 0.191 e. The largest absolute Gasteiger partial charge is 0.329 e. The predicted octanol–water partition coefficient (Wildman–Crippen LogP) is 1.64. The molecule has 0 saturated carbocycles. The predicted molar refractivity (Wildman–Crippen MR) is 75.1 cm³/mol. The maximum absolute atomic E-state index is 5.59. The smallest absolute Gasteiger partial charge is 0.191 e. The van der Waals surface area contributed by atoms with Gasteiger partial charge in [0.1, 0.15) is 5.82 Å². The standard InChI is InChI=1S/C11H17N5S2/c1-8-10(18-7-13-8)3-6-17-11-15-14-9(2)16(11)5-4-12/h7H,3-6,12H2,1-2H3. The highest BCUT2D eigenvalue weighted by atomic mass is 32.2. The van der Waals surface area contributed by atoms with Crippen molar-refractivity contribution < 1.29 is 0 Å². The average molecular weight is 283 g/mol. The summed E-state index contributed by atoms with van der Waals surface area (Å²) in [5.74, 6) is 1.92. The van der Waals surface area contributed by atoms with Crippen molar-refractivity contribution in [3.05, 3.63) is 21.9 Å². The Morgan fingerprint density at radius 1 is 1.39 bits per heavy atom. The molecule has 0 unspecified atom stereocenters. The molecule has 18 heavy (non-hydrogen) atoms. The van der Waals surface area contributed by atoms with Crippen molar-refractivity contribution >= 4 is 23.1 Å². The third-order valence-corrected chi connectivity index (χ3v) is 4.62. The molecular formula is C11H17N5S2. The quantitative estimate of drug-likeness (QED) is 0.816. The van der Waals surface area contributed by atoms with Crippen LogP contribution in [0.15, 0.2) is 10.7 Å². The minimum atomic E-state index is 0.612. The van der Waals surface area contributed by atoms with Gasteiger partial charge in [-0.05, 0) is 20.3 Å². The molecule has 2 aromatic rings. The lowest BCUT2D eigenvalue weighted by Gasteiger charge is -2.05. The molecule has 5 nitrogen and oxygen atoms in total. The van der Waals surface area contributed by atoms with Crippen LogP contribution in [0, 0.1) is 13.8 Å². The van der Waals surface area contributed by atoms with Crippen LogP contribution in [0.3, 0.4) is 0 Å². The first kappa shape index (κ1) is 13.5. The minimum absolute atomic E-state index is 0.612. The fourth-order valence-electron chi connectivity index (χ4n) is 1.66. The summed E-state index contributed by atoms with van der Waals surface area (Å²) in [5.41, 5.74) is 8.63. The van der Waals surface area contributed by atoms with Gasteiger partial charge < -0.3 is 10.3 Å². The lowest BCUT2D eigenvalue weighted by Crippen LogP contribution is -2.12. The summed E-state index contributed by atoms with van der Waals surface area (Å²) in [5, 5.41) is 9.24. The van der Waals surface area contributed by atoms with Crippen LogP contribution in [0.2, 0.25) is 0 Å². The Hall–Kier alpha value is -0.920. The molecule has 0 aliphatic carbocycles.